The molecule has 0 amide bonds. The maximum atomic E-state index is 10.7. The molecule has 0 aromatic carbocycles. The molecular formula is C12H16N2OS. The quantitative estimate of drug-likeness (QED) is 0.754. The lowest BCUT2D eigenvalue weighted by Gasteiger charge is -2.02. The van der Waals surface area contributed by atoms with Crippen LogP contribution in [0.2, 0.25) is 0 Å². The lowest BCUT2D eigenvalue weighted by atomic mass is 10.2. The minimum Gasteiger partial charge on any atom is -0.288 e. The summed E-state index contributed by atoms with van der Waals surface area (Å²) in [7, 11) is 0. The highest BCUT2D eigenvalue weighted by Crippen LogP contribution is 2.02. The van der Waals surface area contributed by atoms with Crippen molar-refractivity contribution < 1.29 is 4.79 Å². The standard InChI is InChI=1S/C12H16N2OS/c1-10(2)8-14-9-12(7-13-14)5-4-6-16-11(3)15/h7,9-10H,6,8H2,1-3H3. The molecule has 0 atom stereocenters. The van der Waals surface area contributed by atoms with Crippen LogP contribution in [-0.4, -0.2) is 20.6 Å². The van der Waals surface area contributed by atoms with Gasteiger partial charge in [0, 0.05) is 19.7 Å². The molecule has 0 aliphatic rings. The summed E-state index contributed by atoms with van der Waals surface area (Å²) < 4.78 is 1.90. The molecule has 0 spiro atoms. The maximum absolute atomic E-state index is 10.7. The fourth-order valence-electron chi connectivity index (χ4n) is 1.18. The number of carbonyl (C=O) groups is 1. The zero-order valence-corrected chi connectivity index (χ0v) is 10.7. The Kier molecular flexibility index (Phi) is 5.13. The fraction of sp³-hybridized carbons (Fsp3) is 0.500. The van der Waals surface area contributed by atoms with Gasteiger partial charge in [-0.15, -0.1) is 0 Å². The molecule has 4 heteroatoms. The van der Waals surface area contributed by atoms with Crippen LogP contribution in [0.4, 0.5) is 0 Å². The highest BCUT2D eigenvalue weighted by Gasteiger charge is 1.98. The van der Waals surface area contributed by atoms with Crippen LogP contribution in [0.1, 0.15) is 26.3 Å². The molecule has 16 heavy (non-hydrogen) atoms. The van der Waals surface area contributed by atoms with Crippen molar-refractivity contribution in [3.05, 3.63) is 18.0 Å². The molecule has 3 nitrogen and oxygen atoms in total. The van der Waals surface area contributed by atoms with Crippen LogP contribution in [0, 0.1) is 17.8 Å². The first-order chi connectivity index (χ1) is 7.58. The van der Waals surface area contributed by atoms with Gasteiger partial charge in [0.1, 0.15) is 0 Å². The molecule has 1 aromatic heterocycles. The van der Waals surface area contributed by atoms with Crippen molar-refractivity contribution in [2.45, 2.75) is 27.3 Å². The molecule has 0 radical (unpaired) electrons. The Hall–Kier alpha value is -1.21. The molecule has 86 valence electrons. The van der Waals surface area contributed by atoms with E-state index in [0.717, 1.165) is 12.1 Å². The normalized spacial score (nSPS) is 10.0. The molecule has 0 N–H and O–H groups in total. The second-order valence-corrected chi connectivity index (χ2v) is 5.08. The van der Waals surface area contributed by atoms with Gasteiger partial charge < -0.3 is 0 Å². The molecule has 1 rings (SSSR count). The molecule has 0 aliphatic heterocycles. The molecule has 0 unspecified atom stereocenters. The van der Waals surface area contributed by atoms with Gasteiger partial charge in [-0.25, -0.2) is 0 Å². The lowest BCUT2D eigenvalue weighted by Crippen LogP contribution is -2.03. The van der Waals surface area contributed by atoms with Gasteiger partial charge in [-0.05, 0) is 5.92 Å². The second-order valence-electron chi connectivity index (χ2n) is 3.93. The first-order valence-corrected chi connectivity index (χ1v) is 6.21. The van der Waals surface area contributed by atoms with E-state index in [9.17, 15) is 4.79 Å². The van der Waals surface area contributed by atoms with Gasteiger partial charge in [0.05, 0.1) is 17.5 Å². The van der Waals surface area contributed by atoms with Crippen LogP contribution in [0.25, 0.3) is 0 Å². The van der Waals surface area contributed by atoms with E-state index in [2.05, 4.69) is 30.8 Å². The molecule has 0 bridgehead atoms. The minimum absolute atomic E-state index is 0.102. The van der Waals surface area contributed by atoms with E-state index in [1.807, 2.05) is 10.9 Å². The molecule has 0 fully saturated rings. The summed E-state index contributed by atoms with van der Waals surface area (Å²) in [5.74, 6) is 7.05. The third-order valence-corrected chi connectivity index (χ3v) is 2.46. The fourth-order valence-corrected chi connectivity index (χ4v) is 1.53. The first kappa shape index (κ1) is 12.9. The van der Waals surface area contributed by atoms with Gasteiger partial charge in [0.25, 0.3) is 0 Å². The Morgan fingerprint density at radius 3 is 3.00 bits per heavy atom. The number of hydrogen-bond donors (Lipinski definition) is 0. The van der Waals surface area contributed by atoms with E-state index < -0.39 is 0 Å². The van der Waals surface area contributed by atoms with E-state index in [4.69, 9.17) is 0 Å². The SMILES string of the molecule is CC(=O)SCC#Cc1cnn(CC(C)C)c1. The van der Waals surface area contributed by atoms with Crippen molar-refractivity contribution in [1.29, 1.82) is 0 Å². The smallest absolute Gasteiger partial charge is 0.186 e. The third-order valence-electron chi connectivity index (χ3n) is 1.77. The van der Waals surface area contributed by atoms with Crippen LogP contribution in [0.15, 0.2) is 12.4 Å². The van der Waals surface area contributed by atoms with Crippen molar-refractivity contribution in [2.24, 2.45) is 5.92 Å². The molecule has 0 saturated heterocycles. The van der Waals surface area contributed by atoms with Crippen molar-refractivity contribution in [3.63, 3.8) is 0 Å². The summed E-state index contributed by atoms with van der Waals surface area (Å²) in [5, 5.41) is 4.31. The van der Waals surface area contributed by atoms with Gasteiger partial charge in [-0.3, -0.25) is 9.48 Å². The highest BCUT2D eigenvalue weighted by atomic mass is 32.2. The van der Waals surface area contributed by atoms with E-state index in [-0.39, 0.29) is 5.12 Å². The Morgan fingerprint density at radius 2 is 2.38 bits per heavy atom. The number of aromatic nitrogens is 2. The lowest BCUT2D eigenvalue weighted by molar-refractivity contribution is -0.109. The van der Waals surface area contributed by atoms with Crippen LogP contribution in [0.3, 0.4) is 0 Å². The number of thioether (sulfide) groups is 1. The van der Waals surface area contributed by atoms with E-state index in [1.165, 1.54) is 11.8 Å². The van der Waals surface area contributed by atoms with Gasteiger partial charge in [-0.1, -0.05) is 37.5 Å². The Labute approximate surface area is 101 Å². The number of hydrogen-bond acceptors (Lipinski definition) is 3. The topological polar surface area (TPSA) is 34.9 Å². The van der Waals surface area contributed by atoms with Crippen LogP contribution < -0.4 is 0 Å². The summed E-state index contributed by atoms with van der Waals surface area (Å²) >= 11 is 1.23. The first-order valence-electron chi connectivity index (χ1n) is 5.22. The second kappa shape index (κ2) is 6.39. The molecule has 1 heterocycles. The van der Waals surface area contributed by atoms with Crippen molar-refractivity contribution in [2.75, 3.05) is 5.75 Å². The molecule has 0 saturated carbocycles. The van der Waals surface area contributed by atoms with Crippen molar-refractivity contribution in [3.8, 4) is 11.8 Å². The van der Waals surface area contributed by atoms with Crippen molar-refractivity contribution in [1.82, 2.24) is 9.78 Å². The van der Waals surface area contributed by atoms with Gasteiger partial charge in [-0.2, -0.15) is 5.10 Å². The summed E-state index contributed by atoms with van der Waals surface area (Å²) in [6.07, 6.45) is 3.69. The summed E-state index contributed by atoms with van der Waals surface area (Å²) in [6, 6.07) is 0. The van der Waals surface area contributed by atoms with E-state index in [1.54, 1.807) is 13.1 Å². The Bertz CT molecular complexity index is 412. The van der Waals surface area contributed by atoms with Crippen LogP contribution in [0.5, 0.6) is 0 Å². The predicted octanol–water partition coefficient (Wildman–Crippen LogP) is 2.17. The zero-order valence-electron chi connectivity index (χ0n) is 9.86. The summed E-state index contributed by atoms with van der Waals surface area (Å²) in [4.78, 5) is 10.7. The molecule has 0 aliphatic carbocycles. The minimum atomic E-state index is 0.102. The number of rotatable bonds is 3. The predicted molar refractivity (Wildman–Crippen MR) is 67.1 cm³/mol. The summed E-state index contributed by atoms with van der Waals surface area (Å²) in [6.45, 7) is 6.75. The van der Waals surface area contributed by atoms with Gasteiger partial charge >= 0.3 is 0 Å². The van der Waals surface area contributed by atoms with Gasteiger partial charge in [0.2, 0.25) is 0 Å². The van der Waals surface area contributed by atoms with Gasteiger partial charge in [0.15, 0.2) is 5.12 Å². The Morgan fingerprint density at radius 1 is 1.62 bits per heavy atom. The summed E-state index contributed by atoms with van der Waals surface area (Å²) in [5.41, 5.74) is 0.907. The monoisotopic (exact) mass is 236 g/mol. The van der Waals surface area contributed by atoms with Crippen LogP contribution in [-0.2, 0) is 11.3 Å². The van der Waals surface area contributed by atoms with E-state index in [0.29, 0.717) is 11.7 Å². The number of nitrogens with zero attached hydrogens (tertiary/aromatic N) is 2. The molecule has 1 aromatic rings. The number of carbonyl (C=O) groups excluding carboxylic acids is 1. The Balaban J connectivity index is 2.48. The molecular weight excluding hydrogens is 220 g/mol. The average molecular weight is 236 g/mol. The van der Waals surface area contributed by atoms with Crippen LogP contribution >= 0.6 is 11.8 Å². The maximum Gasteiger partial charge on any atom is 0.186 e. The van der Waals surface area contributed by atoms with E-state index >= 15 is 0 Å². The average Bonchev–Trinajstić information content (AvgIpc) is 2.59. The highest BCUT2D eigenvalue weighted by molar-refractivity contribution is 8.13. The third kappa shape index (κ3) is 5.04. The largest absolute Gasteiger partial charge is 0.288 e. The zero-order chi connectivity index (χ0) is 12.0. The van der Waals surface area contributed by atoms with Crippen molar-refractivity contribution >= 4 is 16.9 Å².